The fourth-order valence-electron chi connectivity index (χ4n) is 2.68. The first-order valence-electron chi connectivity index (χ1n) is 6.98. The monoisotopic (exact) mass is 263 g/mol. The lowest BCUT2D eigenvalue weighted by molar-refractivity contribution is -0.0704. The molecule has 0 saturated carbocycles. The predicted molar refractivity (Wildman–Crippen MR) is 72.7 cm³/mol. The topological polar surface area (TPSA) is 39.7 Å². The SMILES string of the molecule is CC1CNCC(COCC2COc3ccccc32)O1. The molecule has 104 valence electrons. The second-order valence-electron chi connectivity index (χ2n) is 5.31. The molecule has 2 aliphatic rings. The van der Waals surface area contributed by atoms with E-state index in [4.69, 9.17) is 14.2 Å². The number of hydrogen-bond donors (Lipinski definition) is 1. The molecule has 19 heavy (non-hydrogen) atoms. The number of ether oxygens (including phenoxy) is 3. The molecule has 0 radical (unpaired) electrons. The number of para-hydroxylation sites is 1. The molecule has 4 heteroatoms. The standard InChI is InChI=1S/C15H21NO3/c1-11-6-16-7-13(19-11)10-17-8-12-9-18-15-5-3-2-4-14(12)15/h2-5,11-13,16H,6-10H2,1H3. The van der Waals surface area contributed by atoms with Crippen LogP contribution in [0.2, 0.25) is 0 Å². The van der Waals surface area contributed by atoms with E-state index < -0.39 is 0 Å². The highest BCUT2D eigenvalue weighted by Gasteiger charge is 2.25. The molecule has 1 aromatic carbocycles. The maximum atomic E-state index is 5.82. The zero-order valence-electron chi connectivity index (χ0n) is 11.3. The number of rotatable bonds is 4. The molecule has 1 fully saturated rings. The molecule has 1 aromatic rings. The van der Waals surface area contributed by atoms with Gasteiger partial charge < -0.3 is 19.5 Å². The summed E-state index contributed by atoms with van der Waals surface area (Å²) in [7, 11) is 0. The van der Waals surface area contributed by atoms with E-state index in [2.05, 4.69) is 24.4 Å². The van der Waals surface area contributed by atoms with Gasteiger partial charge in [-0.25, -0.2) is 0 Å². The van der Waals surface area contributed by atoms with Gasteiger partial charge in [0, 0.05) is 24.6 Å². The zero-order chi connectivity index (χ0) is 13.1. The highest BCUT2D eigenvalue weighted by molar-refractivity contribution is 5.39. The van der Waals surface area contributed by atoms with Gasteiger partial charge in [0.05, 0.1) is 32.0 Å². The van der Waals surface area contributed by atoms with Crippen LogP contribution >= 0.6 is 0 Å². The average molecular weight is 263 g/mol. The number of nitrogens with one attached hydrogen (secondary N) is 1. The Hall–Kier alpha value is -1.10. The summed E-state index contributed by atoms with van der Waals surface area (Å²) in [6.45, 7) is 5.96. The highest BCUT2D eigenvalue weighted by atomic mass is 16.5. The van der Waals surface area contributed by atoms with Gasteiger partial charge >= 0.3 is 0 Å². The maximum absolute atomic E-state index is 5.82. The maximum Gasteiger partial charge on any atom is 0.123 e. The molecule has 3 atom stereocenters. The van der Waals surface area contributed by atoms with E-state index in [1.54, 1.807) is 0 Å². The Morgan fingerprint density at radius 1 is 1.26 bits per heavy atom. The van der Waals surface area contributed by atoms with Gasteiger partial charge in [0.2, 0.25) is 0 Å². The normalized spacial score (nSPS) is 29.8. The van der Waals surface area contributed by atoms with Gasteiger partial charge in [-0.3, -0.25) is 0 Å². The lowest BCUT2D eigenvalue weighted by Crippen LogP contribution is -2.45. The van der Waals surface area contributed by atoms with E-state index in [-0.39, 0.29) is 12.2 Å². The molecule has 3 rings (SSSR count). The van der Waals surface area contributed by atoms with Crippen molar-refractivity contribution in [1.82, 2.24) is 5.32 Å². The molecule has 4 nitrogen and oxygen atoms in total. The third-order valence-corrected chi connectivity index (χ3v) is 3.65. The van der Waals surface area contributed by atoms with Crippen LogP contribution in [0.15, 0.2) is 24.3 Å². The summed E-state index contributed by atoms with van der Waals surface area (Å²) in [5, 5.41) is 3.35. The van der Waals surface area contributed by atoms with Crippen molar-refractivity contribution in [2.24, 2.45) is 0 Å². The Morgan fingerprint density at radius 3 is 3.05 bits per heavy atom. The van der Waals surface area contributed by atoms with E-state index in [0.717, 1.165) is 25.4 Å². The summed E-state index contributed by atoms with van der Waals surface area (Å²) in [5.41, 5.74) is 1.26. The van der Waals surface area contributed by atoms with Gasteiger partial charge in [-0.2, -0.15) is 0 Å². The molecular weight excluding hydrogens is 242 g/mol. The first-order chi connectivity index (χ1) is 9.33. The summed E-state index contributed by atoms with van der Waals surface area (Å²) in [4.78, 5) is 0. The van der Waals surface area contributed by atoms with Crippen LogP contribution in [0.5, 0.6) is 5.75 Å². The summed E-state index contributed by atoms with van der Waals surface area (Å²) in [6, 6.07) is 8.20. The number of fused-ring (bicyclic) bond motifs is 1. The minimum atomic E-state index is 0.168. The first-order valence-corrected chi connectivity index (χ1v) is 6.98. The summed E-state index contributed by atoms with van der Waals surface area (Å²) in [6.07, 6.45) is 0.444. The second kappa shape index (κ2) is 5.90. The minimum Gasteiger partial charge on any atom is -0.493 e. The molecule has 0 spiro atoms. The smallest absolute Gasteiger partial charge is 0.123 e. The van der Waals surface area contributed by atoms with Gasteiger partial charge in [-0.15, -0.1) is 0 Å². The van der Waals surface area contributed by atoms with Crippen LogP contribution in [0.4, 0.5) is 0 Å². The third-order valence-electron chi connectivity index (χ3n) is 3.65. The van der Waals surface area contributed by atoms with Crippen LogP contribution in [0.25, 0.3) is 0 Å². The second-order valence-corrected chi connectivity index (χ2v) is 5.31. The van der Waals surface area contributed by atoms with Crippen molar-refractivity contribution in [1.29, 1.82) is 0 Å². The van der Waals surface area contributed by atoms with E-state index in [1.807, 2.05) is 12.1 Å². The van der Waals surface area contributed by atoms with Gasteiger partial charge in [-0.1, -0.05) is 18.2 Å². The van der Waals surface area contributed by atoms with Crippen molar-refractivity contribution in [2.75, 3.05) is 32.9 Å². The number of benzene rings is 1. The van der Waals surface area contributed by atoms with Crippen molar-refractivity contribution in [2.45, 2.75) is 25.0 Å². The molecule has 1 saturated heterocycles. The van der Waals surface area contributed by atoms with Crippen LogP contribution in [0, 0.1) is 0 Å². The average Bonchev–Trinajstić information content (AvgIpc) is 2.83. The summed E-state index contributed by atoms with van der Waals surface area (Å²) >= 11 is 0. The first kappa shape index (κ1) is 12.9. The Kier molecular flexibility index (Phi) is 4.01. The predicted octanol–water partition coefficient (Wildman–Crippen LogP) is 1.56. The van der Waals surface area contributed by atoms with E-state index >= 15 is 0 Å². The lowest BCUT2D eigenvalue weighted by Gasteiger charge is -2.28. The molecule has 0 amide bonds. The largest absolute Gasteiger partial charge is 0.493 e. The Morgan fingerprint density at radius 2 is 2.16 bits per heavy atom. The molecule has 2 aliphatic heterocycles. The van der Waals surface area contributed by atoms with Crippen molar-refractivity contribution < 1.29 is 14.2 Å². The van der Waals surface area contributed by atoms with Gasteiger partial charge in [0.25, 0.3) is 0 Å². The molecule has 0 aliphatic carbocycles. The van der Waals surface area contributed by atoms with Crippen molar-refractivity contribution >= 4 is 0 Å². The summed E-state index contributed by atoms with van der Waals surface area (Å²) < 4.78 is 17.3. The van der Waals surface area contributed by atoms with Gasteiger partial charge in [0.15, 0.2) is 0 Å². The van der Waals surface area contributed by atoms with Crippen molar-refractivity contribution in [3.63, 3.8) is 0 Å². The Labute approximate surface area is 114 Å². The van der Waals surface area contributed by atoms with Crippen molar-refractivity contribution in [3.8, 4) is 5.75 Å². The molecule has 0 aromatic heterocycles. The van der Waals surface area contributed by atoms with Crippen molar-refractivity contribution in [3.05, 3.63) is 29.8 Å². The number of hydrogen-bond acceptors (Lipinski definition) is 4. The van der Waals surface area contributed by atoms with Crippen LogP contribution in [0.3, 0.4) is 0 Å². The van der Waals surface area contributed by atoms with Gasteiger partial charge in [0.1, 0.15) is 5.75 Å². The van der Waals surface area contributed by atoms with E-state index in [0.29, 0.717) is 19.1 Å². The zero-order valence-corrected chi connectivity index (χ0v) is 11.3. The molecule has 1 N–H and O–H groups in total. The summed E-state index contributed by atoms with van der Waals surface area (Å²) in [5.74, 6) is 1.35. The molecule has 0 bridgehead atoms. The minimum absolute atomic E-state index is 0.168. The fourth-order valence-corrected chi connectivity index (χ4v) is 2.68. The molecule has 2 heterocycles. The Balaban J connectivity index is 1.46. The van der Waals surface area contributed by atoms with Crippen LogP contribution in [0.1, 0.15) is 18.4 Å². The van der Waals surface area contributed by atoms with Crippen LogP contribution < -0.4 is 10.1 Å². The fraction of sp³-hybridized carbons (Fsp3) is 0.600. The highest BCUT2D eigenvalue weighted by Crippen LogP contribution is 2.33. The van der Waals surface area contributed by atoms with Crippen LogP contribution in [-0.4, -0.2) is 45.1 Å². The third kappa shape index (κ3) is 3.08. The molecule has 3 unspecified atom stereocenters. The Bertz CT molecular complexity index is 424. The van der Waals surface area contributed by atoms with Gasteiger partial charge in [-0.05, 0) is 13.0 Å². The molecular formula is C15H21NO3. The quantitative estimate of drug-likeness (QED) is 0.895. The number of morpholine rings is 1. The lowest BCUT2D eigenvalue weighted by atomic mass is 10.0. The van der Waals surface area contributed by atoms with E-state index in [9.17, 15) is 0 Å². The van der Waals surface area contributed by atoms with E-state index in [1.165, 1.54) is 5.56 Å². The van der Waals surface area contributed by atoms with Crippen LogP contribution in [-0.2, 0) is 9.47 Å².